The first-order valence-corrected chi connectivity index (χ1v) is 7.15. The number of aryl methyl sites for hydroxylation is 1. The van der Waals surface area contributed by atoms with Crippen molar-refractivity contribution >= 4 is 16.7 Å². The maximum absolute atomic E-state index is 5.88. The van der Waals surface area contributed by atoms with Crippen LogP contribution in [0.25, 0.3) is 16.7 Å². The summed E-state index contributed by atoms with van der Waals surface area (Å²) in [6.07, 6.45) is 1.95. The number of nitrogens with two attached hydrogens (primary N) is 1. The lowest BCUT2D eigenvalue weighted by Gasteiger charge is -2.13. The molecule has 0 aliphatic heterocycles. The molecule has 0 saturated heterocycles. The molecule has 0 radical (unpaired) electrons. The van der Waals surface area contributed by atoms with E-state index < -0.39 is 0 Å². The number of nitrogens with zero attached hydrogens (tertiary/aromatic N) is 2. The Balaban J connectivity index is 2.31. The number of hydrogen-bond acceptors (Lipinski definition) is 3. The molecule has 108 valence electrons. The van der Waals surface area contributed by atoms with Gasteiger partial charge in [0.25, 0.3) is 0 Å². The topological polar surface area (TPSA) is 53.1 Å². The van der Waals surface area contributed by atoms with Gasteiger partial charge in [-0.15, -0.1) is 0 Å². The van der Waals surface area contributed by atoms with Crippen LogP contribution in [0.5, 0.6) is 5.75 Å². The largest absolute Gasteiger partial charge is 0.495 e. The highest BCUT2D eigenvalue weighted by Gasteiger charge is 2.14. The highest BCUT2D eigenvalue weighted by atomic mass is 16.5. The second-order valence-electron chi connectivity index (χ2n) is 5.03. The molecule has 1 heterocycles. The SMILES string of the molecule is CCCc1nc2cc(N)ccc2n1-c1ccccc1OC. The molecule has 0 amide bonds. The van der Waals surface area contributed by atoms with E-state index in [9.17, 15) is 0 Å². The van der Waals surface area contributed by atoms with Gasteiger partial charge < -0.3 is 10.5 Å². The van der Waals surface area contributed by atoms with Gasteiger partial charge in [0, 0.05) is 12.1 Å². The van der Waals surface area contributed by atoms with Crippen molar-refractivity contribution in [3.63, 3.8) is 0 Å². The molecule has 0 aliphatic rings. The van der Waals surface area contributed by atoms with Gasteiger partial charge in [0.1, 0.15) is 11.6 Å². The first-order chi connectivity index (χ1) is 10.2. The van der Waals surface area contributed by atoms with E-state index in [0.717, 1.165) is 46.8 Å². The van der Waals surface area contributed by atoms with Gasteiger partial charge in [-0.3, -0.25) is 4.57 Å². The average molecular weight is 281 g/mol. The summed E-state index contributed by atoms with van der Waals surface area (Å²) in [5, 5.41) is 0. The second-order valence-corrected chi connectivity index (χ2v) is 5.03. The maximum Gasteiger partial charge on any atom is 0.142 e. The van der Waals surface area contributed by atoms with Crippen molar-refractivity contribution in [3.05, 3.63) is 48.3 Å². The summed E-state index contributed by atoms with van der Waals surface area (Å²) in [7, 11) is 1.69. The van der Waals surface area contributed by atoms with Gasteiger partial charge in [-0.25, -0.2) is 4.98 Å². The Hall–Kier alpha value is -2.49. The Labute approximate surface area is 124 Å². The lowest BCUT2D eigenvalue weighted by molar-refractivity contribution is 0.413. The van der Waals surface area contributed by atoms with Gasteiger partial charge in [0.2, 0.25) is 0 Å². The minimum atomic E-state index is 0.732. The van der Waals surface area contributed by atoms with Gasteiger partial charge in [0.05, 0.1) is 23.8 Å². The number of benzene rings is 2. The van der Waals surface area contributed by atoms with Crippen LogP contribution >= 0.6 is 0 Å². The predicted molar refractivity (Wildman–Crippen MR) is 86.0 cm³/mol. The molecule has 2 aromatic carbocycles. The fourth-order valence-corrected chi connectivity index (χ4v) is 2.62. The summed E-state index contributed by atoms with van der Waals surface area (Å²) < 4.78 is 7.67. The maximum atomic E-state index is 5.88. The molecule has 0 aliphatic carbocycles. The van der Waals surface area contributed by atoms with Crippen LogP contribution in [0.3, 0.4) is 0 Å². The lowest BCUT2D eigenvalue weighted by Crippen LogP contribution is -2.03. The van der Waals surface area contributed by atoms with E-state index in [1.54, 1.807) is 7.11 Å². The third-order valence-electron chi connectivity index (χ3n) is 3.55. The zero-order valence-electron chi connectivity index (χ0n) is 12.3. The van der Waals surface area contributed by atoms with Crippen LogP contribution < -0.4 is 10.5 Å². The molecule has 21 heavy (non-hydrogen) atoms. The quantitative estimate of drug-likeness (QED) is 0.744. The summed E-state index contributed by atoms with van der Waals surface area (Å²) in [6.45, 7) is 2.15. The first-order valence-electron chi connectivity index (χ1n) is 7.15. The third kappa shape index (κ3) is 2.33. The molecule has 0 fully saturated rings. The van der Waals surface area contributed by atoms with Crippen LogP contribution in [-0.4, -0.2) is 16.7 Å². The molecule has 0 spiro atoms. The fourth-order valence-electron chi connectivity index (χ4n) is 2.62. The Morgan fingerprint density at radius 2 is 2.00 bits per heavy atom. The number of methoxy groups -OCH3 is 1. The van der Waals surface area contributed by atoms with Crippen molar-refractivity contribution in [2.45, 2.75) is 19.8 Å². The predicted octanol–water partition coefficient (Wildman–Crippen LogP) is 3.57. The molecule has 4 nitrogen and oxygen atoms in total. The van der Waals surface area contributed by atoms with Gasteiger partial charge >= 0.3 is 0 Å². The van der Waals surface area contributed by atoms with Crippen LogP contribution in [0.4, 0.5) is 5.69 Å². The lowest BCUT2D eigenvalue weighted by atomic mass is 10.2. The molecule has 0 bridgehead atoms. The smallest absolute Gasteiger partial charge is 0.142 e. The number of rotatable bonds is 4. The number of imidazole rings is 1. The van der Waals surface area contributed by atoms with Gasteiger partial charge in [-0.2, -0.15) is 0 Å². The Kier molecular flexibility index (Phi) is 3.52. The Morgan fingerprint density at radius 1 is 1.19 bits per heavy atom. The Bertz CT molecular complexity index is 777. The van der Waals surface area contributed by atoms with Gasteiger partial charge in [-0.1, -0.05) is 19.1 Å². The number of para-hydroxylation sites is 2. The van der Waals surface area contributed by atoms with E-state index in [1.807, 2.05) is 36.4 Å². The van der Waals surface area contributed by atoms with Crippen molar-refractivity contribution in [1.82, 2.24) is 9.55 Å². The first kappa shape index (κ1) is 13.5. The van der Waals surface area contributed by atoms with Crippen molar-refractivity contribution in [2.24, 2.45) is 0 Å². The minimum absolute atomic E-state index is 0.732. The molecule has 0 atom stereocenters. The minimum Gasteiger partial charge on any atom is -0.495 e. The summed E-state index contributed by atoms with van der Waals surface area (Å²) in [6, 6.07) is 13.8. The molecule has 2 N–H and O–H groups in total. The normalized spacial score (nSPS) is 11.0. The molecule has 3 aromatic rings. The average Bonchev–Trinajstić information content (AvgIpc) is 2.84. The van der Waals surface area contributed by atoms with Crippen LogP contribution in [0.15, 0.2) is 42.5 Å². The summed E-state index contributed by atoms with van der Waals surface area (Å²) >= 11 is 0. The molecular formula is C17H19N3O. The zero-order chi connectivity index (χ0) is 14.8. The highest BCUT2D eigenvalue weighted by molar-refractivity contribution is 5.82. The molecule has 4 heteroatoms. The number of nitrogen functional groups attached to an aromatic ring is 1. The van der Waals surface area contributed by atoms with Crippen LogP contribution in [0, 0.1) is 0 Å². The number of anilines is 1. The number of aromatic nitrogens is 2. The van der Waals surface area contributed by atoms with E-state index in [0.29, 0.717) is 0 Å². The summed E-state index contributed by atoms with van der Waals surface area (Å²) in [5.74, 6) is 1.87. The van der Waals surface area contributed by atoms with E-state index in [1.165, 1.54) is 0 Å². The van der Waals surface area contributed by atoms with Crippen LogP contribution in [0.1, 0.15) is 19.2 Å². The van der Waals surface area contributed by atoms with Crippen molar-refractivity contribution < 1.29 is 4.74 Å². The zero-order valence-corrected chi connectivity index (χ0v) is 12.3. The van der Waals surface area contributed by atoms with Crippen LogP contribution in [0.2, 0.25) is 0 Å². The highest BCUT2D eigenvalue weighted by Crippen LogP contribution is 2.29. The summed E-state index contributed by atoms with van der Waals surface area (Å²) in [5.41, 5.74) is 9.59. The Morgan fingerprint density at radius 3 is 2.76 bits per heavy atom. The van der Waals surface area contributed by atoms with Crippen molar-refractivity contribution in [2.75, 3.05) is 12.8 Å². The molecule has 0 unspecified atom stereocenters. The standard InChI is InChI=1S/C17H19N3O/c1-3-6-17-19-13-11-12(18)9-10-14(13)20(17)15-7-4-5-8-16(15)21-2/h4-5,7-11H,3,6,18H2,1-2H3. The molecule has 0 saturated carbocycles. The van der Waals surface area contributed by atoms with Crippen molar-refractivity contribution in [1.29, 1.82) is 0 Å². The number of ether oxygens (including phenoxy) is 1. The molecule has 3 rings (SSSR count). The summed E-state index contributed by atoms with van der Waals surface area (Å²) in [4.78, 5) is 4.74. The monoisotopic (exact) mass is 281 g/mol. The third-order valence-corrected chi connectivity index (χ3v) is 3.55. The van der Waals surface area contributed by atoms with Gasteiger partial charge in [-0.05, 0) is 36.8 Å². The molecular weight excluding hydrogens is 262 g/mol. The van der Waals surface area contributed by atoms with E-state index in [2.05, 4.69) is 17.6 Å². The van der Waals surface area contributed by atoms with E-state index >= 15 is 0 Å². The van der Waals surface area contributed by atoms with E-state index in [-0.39, 0.29) is 0 Å². The molecule has 1 aromatic heterocycles. The fraction of sp³-hybridized carbons (Fsp3) is 0.235. The van der Waals surface area contributed by atoms with Crippen LogP contribution in [-0.2, 0) is 6.42 Å². The van der Waals surface area contributed by atoms with E-state index in [4.69, 9.17) is 15.5 Å². The van der Waals surface area contributed by atoms with Gasteiger partial charge in [0.15, 0.2) is 0 Å². The number of hydrogen-bond donors (Lipinski definition) is 1. The second kappa shape index (κ2) is 5.48. The number of fused-ring (bicyclic) bond motifs is 1. The van der Waals surface area contributed by atoms with Crippen molar-refractivity contribution in [3.8, 4) is 11.4 Å².